The SMILES string of the molecule is C=C(N(C/C=C(/C)CCC=C(C)C)CC1CC1)C(C)(C)C. The zero-order valence-electron chi connectivity index (χ0n) is 15.1. The molecule has 0 amide bonds. The Kier molecular flexibility index (Phi) is 6.77. The predicted octanol–water partition coefficient (Wildman–Crippen LogP) is 5.95. The van der Waals surface area contributed by atoms with Crippen molar-refractivity contribution < 1.29 is 0 Å². The molecular formula is C20H35N. The monoisotopic (exact) mass is 289 g/mol. The summed E-state index contributed by atoms with van der Waals surface area (Å²) >= 11 is 0. The molecule has 1 aliphatic rings. The molecule has 120 valence electrons. The van der Waals surface area contributed by atoms with Crippen LogP contribution in [0.5, 0.6) is 0 Å². The van der Waals surface area contributed by atoms with E-state index in [1.807, 2.05) is 0 Å². The number of allylic oxidation sites excluding steroid dienone is 4. The van der Waals surface area contributed by atoms with Crippen LogP contribution in [0.15, 0.2) is 35.6 Å². The molecule has 0 aliphatic heterocycles. The number of hydrogen-bond acceptors (Lipinski definition) is 1. The first-order chi connectivity index (χ1) is 9.70. The second-order valence-electron chi connectivity index (χ2n) is 7.92. The first kappa shape index (κ1) is 18.1. The van der Waals surface area contributed by atoms with Crippen molar-refractivity contribution in [3.63, 3.8) is 0 Å². The minimum Gasteiger partial charge on any atom is -0.371 e. The van der Waals surface area contributed by atoms with E-state index in [9.17, 15) is 0 Å². The van der Waals surface area contributed by atoms with Crippen LogP contribution in [0, 0.1) is 11.3 Å². The maximum Gasteiger partial charge on any atom is 0.0359 e. The van der Waals surface area contributed by atoms with E-state index in [1.165, 1.54) is 42.7 Å². The fraction of sp³-hybridized carbons (Fsp3) is 0.700. The van der Waals surface area contributed by atoms with E-state index in [2.05, 4.69) is 65.2 Å². The zero-order valence-corrected chi connectivity index (χ0v) is 15.1. The minimum atomic E-state index is 0.165. The molecule has 21 heavy (non-hydrogen) atoms. The van der Waals surface area contributed by atoms with Crippen molar-refractivity contribution in [3.8, 4) is 0 Å². The maximum atomic E-state index is 4.36. The van der Waals surface area contributed by atoms with Gasteiger partial charge in [0, 0.05) is 24.2 Å². The van der Waals surface area contributed by atoms with Crippen LogP contribution in [0.2, 0.25) is 0 Å². The van der Waals surface area contributed by atoms with Crippen molar-refractivity contribution in [2.24, 2.45) is 11.3 Å². The van der Waals surface area contributed by atoms with Gasteiger partial charge in [-0.2, -0.15) is 0 Å². The highest BCUT2D eigenvalue weighted by atomic mass is 15.1. The molecule has 1 aliphatic carbocycles. The third-order valence-electron chi connectivity index (χ3n) is 4.17. The third kappa shape index (κ3) is 7.55. The van der Waals surface area contributed by atoms with Crippen LogP contribution in [0.25, 0.3) is 0 Å². The third-order valence-corrected chi connectivity index (χ3v) is 4.17. The van der Waals surface area contributed by atoms with Crippen LogP contribution >= 0.6 is 0 Å². The lowest BCUT2D eigenvalue weighted by Crippen LogP contribution is -2.31. The minimum absolute atomic E-state index is 0.165. The average molecular weight is 290 g/mol. The summed E-state index contributed by atoms with van der Waals surface area (Å²) in [6.07, 6.45) is 9.86. The van der Waals surface area contributed by atoms with Crippen LogP contribution in [0.1, 0.15) is 67.2 Å². The summed E-state index contributed by atoms with van der Waals surface area (Å²) in [6, 6.07) is 0. The summed E-state index contributed by atoms with van der Waals surface area (Å²) in [5.41, 5.74) is 4.36. The van der Waals surface area contributed by atoms with E-state index >= 15 is 0 Å². The highest BCUT2D eigenvalue weighted by molar-refractivity contribution is 5.10. The molecule has 0 atom stereocenters. The summed E-state index contributed by atoms with van der Waals surface area (Å²) in [4.78, 5) is 2.50. The normalized spacial score (nSPS) is 15.8. The van der Waals surface area contributed by atoms with Gasteiger partial charge in [0.1, 0.15) is 0 Å². The van der Waals surface area contributed by atoms with Gasteiger partial charge in [0.2, 0.25) is 0 Å². The van der Waals surface area contributed by atoms with Gasteiger partial charge in [-0.3, -0.25) is 0 Å². The summed E-state index contributed by atoms with van der Waals surface area (Å²) < 4.78 is 0. The molecule has 0 heterocycles. The van der Waals surface area contributed by atoms with Gasteiger partial charge >= 0.3 is 0 Å². The Morgan fingerprint density at radius 2 is 1.76 bits per heavy atom. The summed E-state index contributed by atoms with van der Waals surface area (Å²) in [7, 11) is 0. The van der Waals surface area contributed by atoms with Crippen molar-refractivity contribution in [3.05, 3.63) is 35.6 Å². The molecular weight excluding hydrogens is 254 g/mol. The molecule has 0 bridgehead atoms. The molecule has 1 heteroatoms. The van der Waals surface area contributed by atoms with Crippen LogP contribution in [-0.4, -0.2) is 18.0 Å². The molecule has 0 unspecified atom stereocenters. The van der Waals surface area contributed by atoms with E-state index in [0.29, 0.717) is 0 Å². The van der Waals surface area contributed by atoms with Gasteiger partial charge in [-0.05, 0) is 52.4 Å². The molecule has 0 aromatic heterocycles. The highest BCUT2D eigenvalue weighted by Gasteiger charge is 2.27. The van der Waals surface area contributed by atoms with Gasteiger partial charge in [0.05, 0.1) is 0 Å². The molecule has 0 N–H and O–H groups in total. The number of nitrogens with zero attached hydrogens (tertiary/aromatic N) is 1. The standard InChI is InChI=1S/C20H35N/c1-16(2)9-8-10-17(3)13-14-21(15-19-11-12-19)18(4)20(5,6)7/h9,13,19H,4,8,10-12,14-15H2,1-3,5-7H3/b17-13-. The lowest BCUT2D eigenvalue weighted by molar-refractivity contribution is 0.280. The molecule has 0 saturated heterocycles. The summed E-state index contributed by atoms with van der Waals surface area (Å²) in [5.74, 6) is 0.906. The first-order valence-electron chi connectivity index (χ1n) is 8.43. The van der Waals surface area contributed by atoms with Crippen LogP contribution in [0.4, 0.5) is 0 Å². The molecule has 1 rings (SSSR count). The topological polar surface area (TPSA) is 3.24 Å². The maximum absolute atomic E-state index is 4.36. The van der Waals surface area contributed by atoms with E-state index in [-0.39, 0.29) is 5.41 Å². The molecule has 0 spiro atoms. The van der Waals surface area contributed by atoms with Crippen molar-refractivity contribution in [2.45, 2.75) is 67.2 Å². The Labute approximate surface area is 132 Å². The Morgan fingerprint density at radius 3 is 2.24 bits per heavy atom. The van der Waals surface area contributed by atoms with E-state index in [4.69, 9.17) is 0 Å². The first-order valence-corrected chi connectivity index (χ1v) is 8.43. The Hall–Kier alpha value is -0.980. The number of rotatable bonds is 8. The van der Waals surface area contributed by atoms with E-state index in [1.54, 1.807) is 0 Å². The quantitative estimate of drug-likeness (QED) is 0.499. The van der Waals surface area contributed by atoms with Gasteiger partial charge in [-0.1, -0.05) is 50.6 Å². The molecule has 1 saturated carbocycles. The van der Waals surface area contributed by atoms with Crippen molar-refractivity contribution in [1.29, 1.82) is 0 Å². The van der Waals surface area contributed by atoms with E-state index in [0.717, 1.165) is 18.9 Å². The van der Waals surface area contributed by atoms with Crippen molar-refractivity contribution in [2.75, 3.05) is 13.1 Å². The Balaban J connectivity index is 2.55. The molecule has 0 aromatic carbocycles. The van der Waals surface area contributed by atoms with Crippen molar-refractivity contribution >= 4 is 0 Å². The zero-order chi connectivity index (χ0) is 16.0. The highest BCUT2D eigenvalue weighted by Crippen LogP contribution is 2.34. The molecule has 0 aromatic rings. The van der Waals surface area contributed by atoms with E-state index < -0.39 is 0 Å². The lowest BCUT2D eigenvalue weighted by Gasteiger charge is -2.34. The van der Waals surface area contributed by atoms with Gasteiger partial charge in [-0.15, -0.1) is 0 Å². The van der Waals surface area contributed by atoms with Gasteiger partial charge < -0.3 is 4.90 Å². The smallest absolute Gasteiger partial charge is 0.0359 e. The van der Waals surface area contributed by atoms with Crippen LogP contribution in [-0.2, 0) is 0 Å². The lowest BCUT2D eigenvalue weighted by atomic mass is 9.91. The summed E-state index contributed by atoms with van der Waals surface area (Å²) in [5, 5.41) is 0. The second-order valence-corrected chi connectivity index (χ2v) is 7.92. The second kappa shape index (κ2) is 7.87. The van der Waals surface area contributed by atoms with Gasteiger partial charge in [0.15, 0.2) is 0 Å². The fourth-order valence-corrected chi connectivity index (χ4v) is 2.34. The Bertz CT molecular complexity index is 398. The molecule has 1 fully saturated rings. The average Bonchev–Trinajstić information content (AvgIpc) is 3.15. The molecule has 1 nitrogen and oxygen atoms in total. The summed E-state index contributed by atoms with van der Waals surface area (Å²) in [6.45, 7) is 20.0. The Morgan fingerprint density at radius 1 is 1.14 bits per heavy atom. The van der Waals surface area contributed by atoms with Gasteiger partial charge in [0.25, 0.3) is 0 Å². The molecule has 0 radical (unpaired) electrons. The van der Waals surface area contributed by atoms with Crippen LogP contribution in [0.3, 0.4) is 0 Å². The van der Waals surface area contributed by atoms with Gasteiger partial charge in [-0.25, -0.2) is 0 Å². The van der Waals surface area contributed by atoms with Crippen molar-refractivity contribution in [1.82, 2.24) is 4.90 Å². The fourth-order valence-electron chi connectivity index (χ4n) is 2.34. The van der Waals surface area contributed by atoms with Crippen LogP contribution < -0.4 is 0 Å². The predicted molar refractivity (Wildman–Crippen MR) is 95.3 cm³/mol. The largest absolute Gasteiger partial charge is 0.371 e. The number of hydrogen-bond donors (Lipinski definition) is 0.